The number of halogens is 1. The van der Waals surface area contributed by atoms with E-state index in [0.29, 0.717) is 5.56 Å². The van der Waals surface area contributed by atoms with Gasteiger partial charge in [0.1, 0.15) is 29.8 Å². The Balaban J connectivity index is 1.70. The number of benzene rings is 2. The van der Waals surface area contributed by atoms with Gasteiger partial charge in [-0.2, -0.15) is 5.10 Å². The molecule has 25 heavy (non-hydrogen) atoms. The molecule has 2 aromatic carbocycles. The van der Waals surface area contributed by atoms with Crippen molar-refractivity contribution in [1.29, 1.82) is 0 Å². The SMILES string of the molecule is CC(O)(CNC(=O)c1ccc(-n2cncn2)c(F)c1)c1ccccc1. The molecule has 0 fully saturated rings. The van der Waals surface area contributed by atoms with Crippen LogP contribution in [0.4, 0.5) is 4.39 Å². The van der Waals surface area contributed by atoms with Crippen LogP contribution < -0.4 is 5.32 Å². The van der Waals surface area contributed by atoms with Gasteiger partial charge in [-0.05, 0) is 30.7 Å². The second kappa shape index (κ2) is 6.82. The fourth-order valence-electron chi connectivity index (χ4n) is 2.42. The lowest BCUT2D eigenvalue weighted by Gasteiger charge is -2.24. The molecule has 0 saturated heterocycles. The number of carbonyl (C=O) groups excluding carboxylic acids is 1. The Morgan fingerprint density at radius 1 is 1.28 bits per heavy atom. The summed E-state index contributed by atoms with van der Waals surface area (Å²) >= 11 is 0. The van der Waals surface area contributed by atoms with E-state index in [4.69, 9.17) is 0 Å². The van der Waals surface area contributed by atoms with Gasteiger partial charge in [0, 0.05) is 5.56 Å². The lowest BCUT2D eigenvalue weighted by Crippen LogP contribution is -2.38. The van der Waals surface area contributed by atoms with Crippen LogP contribution in [0.15, 0.2) is 61.2 Å². The number of rotatable bonds is 5. The average molecular weight is 340 g/mol. The quantitative estimate of drug-likeness (QED) is 0.745. The molecule has 1 atom stereocenters. The number of aromatic nitrogens is 3. The van der Waals surface area contributed by atoms with E-state index < -0.39 is 17.3 Å². The van der Waals surface area contributed by atoms with E-state index in [1.165, 1.54) is 29.5 Å². The molecule has 0 aliphatic carbocycles. The molecule has 0 radical (unpaired) electrons. The first-order chi connectivity index (χ1) is 12.0. The van der Waals surface area contributed by atoms with Crippen molar-refractivity contribution in [3.8, 4) is 5.69 Å². The maximum atomic E-state index is 14.2. The van der Waals surface area contributed by atoms with Gasteiger partial charge in [0.25, 0.3) is 5.91 Å². The third-order valence-corrected chi connectivity index (χ3v) is 3.86. The minimum Gasteiger partial charge on any atom is -0.384 e. The van der Waals surface area contributed by atoms with Gasteiger partial charge in [0.05, 0.1) is 6.54 Å². The monoisotopic (exact) mass is 340 g/mol. The highest BCUT2D eigenvalue weighted by atomic mass is 19.1. The summed E-state index contributed by atoms with van der Waals surface area (Å²) in [7, 11) is 0. The normalized spacial score (nSPS) is 13.2. The van der Waals surface area contributed by atoms with Crippen molar-refractivity contribution in [1.82, 2.24) is 20.1 Å². The predicted molar refractivity (Wildman–Crippen MR) is 89.7 cm³/mol. The third kappa shape index (κ3) is 3.72. The van der Waals surface area contributed by atoms with E-state index >= 15 is 0 Å². The molecule has 1 amide bonds. The van der Waals surface area contributed by atoms with Crippen molar-refractivity contribution >= 4 is 5.91 Å². The highest BCUT2D eigenvalue weighted by Gasteiger charge is 2.24. The van der Waals surface area contributed by atoms with E-state index in [0.717, 1.165) is 6.07 Å². The van der Waals surface area contributed by atoms with Gasteiger partial charge in [-0.3, -0.25) is 4.79 Å². The molecule has 0 spiro atoms. The molecule has 3 rings (SSSR count). The summed E-state index contributed by atoms with van der Waals surface area (Å²) in [6.07, 6.45) is 2.67. The highest BCUT2D eigenvalue weighted by Crippen LogP contribution is 2.19. The summed E-state index contributed by atoms with van der Waals surface area (Å²) in [6, 6.07) is 13.1. The van der Waals surface area contributed by atoms with E-state index in [9.17, 15) is 14.3 Å². The van der Waals surface area contributed by atoms with Gasteiger partial charge in [0.15, 0.2) is 0 Å². The lowest BCUT2D eigenvalue weighted by atomic mass is 9.96. The molecule has 2 N–H and O–H groups in total. The molecule has 6 nitrogen and oxygen atoms in total. The number of amides is 1. The molecule has 1 heterocycles. The molecule has 128 valence electrons. The second-order valence-electron chi connectivity index (χ2n) is 5.83. The second-order valence-corrected chi connectivity index (χ2v) is 5.83. The maximum Gasteiger partial charge on any atom is 0.251 e. The number of hydrogen-bond acceptors (Lipinski definition) is 4. The molecule has 0 bridgehead atoms. The largest absolute Gasteiger partial charge is 0.384 e. The van der Waals surface area contributed by atoms with Crippen LogP contribution in [-0.2, 0) is 5.60 Å². The fourth-order valence-corrected chi connectivity index (χ4v) is 2.42. The van der Waals surface area contributed by atoms with Crippen molar-refractivity contribution in [3.63, 3.8) is 0 Å². The number of hydrogen-bond donors (Lipinski definition) is 2. The minimum atomic E-state index is -1.23. The Morgan fingerprint density at radius 3 is 2.68 bits per heavy atom. The summed E-state index contributed by atoms with van der Waals surface area (Å²) in [5.41, 5.74) is -0.186. The number of nitrogens with zero attached hydrogens (tertiary/aromatic N) is 3. The van der Waals surface area contributed by atoms with Crippen LogP contribution in [0.5, 0.6) is 0 Å². The van der Waals surface area contributed by atoms with Crippen LogP contribution in [0.3, 0.4) is 0 Å². The molecular weight excluding hydrogens is 323 g/mol. The number of aliphatic hydroxyl groups is 1. The first-order valence-electron chi connectivity index (χ1n) is 7.68. The minimum absolute atomic E-state index is 0.00228. The average Bonchev–Trinajstić information content (AvgIpc) is 3.15. The van der Waals surface area contributed by atoms with Crippen LogP contribution in [0.25, 0.3) is 5.69 Å². The van der Waals surface area contributed by atoms with Crippen LogP contribution in [0, 0.1) is 5.82 Å². The molecule has 0 saturated carbocycles. The highest BCUT2D eigenvalue weighted by molar-refractivity contribution is 5.94. The zero-order valence-corrected chi connectivity index (χ0v) is 13.6. The third-order valence-electron chi connectivity index (χ3n) is 3.86. The molecule has 0 aliphatic heterocycles. The standard InChI is InChI=1S/C18H17FN4O2/c1-18(25,14-5-3-2-4-6-14)10-21-17(24)13-7-8-16(15(19)9-13)23-12-20-11-22-23/h2-9,11-12,25H,10H2,1H3,(H,21,24). The van der Waals surface area contributed by atoms with Crippen LogP contribution in [0.2, 0.25) is 0 Å². The van der Waals surface area contributed by atoms with Crippen molar-refractivity contribution in [2.75, 3.05) is 6.54 Å². The number of nitrogens with one attached hydrogen (secondary N) is 1. The van der Waals surface area contributed by atoms with Crippen molar-refractivity contribution in [2.24, 2.45) is 0 Å². The summed E-state index contributed by atoms with van der Waals surface area (Å²) in [6.45, 7) is 1.61. The lowest BCUT2D eigenvalue weighted by molar-refractivity contribution is 0.0526. The summed E-state index contributed by atoms with van der Waals surface area (Å²) in [5.74, 6) is -1.06. The summed E-state index contributed by atoms with van der Waals surface area (Å²) in [4.78, 5) is 16.0. The van der Waals surface area contributed by atoms with Gasteiger partial charge in [-0.25, -0.2) is 14.1 Å². The topological polar surface area (TPSA) is 80.0 Å². The first-order valence-corrected chi connectivity index (χ1v) is 7.68. The molecule has 1 aromatic heterocycles. The smallest absolute Gasteiger partial charge is 0.251 e. The molecule has 3 aromatic rings. The van der Waals surface area contributed by atoms with Crippen LogP contribution in [-0.4, -0.2) is 32.3 Å². The van der Waals surface area contributed by atoms with Gasteiger partial charge in [0.2, 0.25) is 0 Å². The molecule has 1 unspecified atom stereocenters. The van der Waals surface area contributed by atoms with E-state index in [1.807, 2.05) is 18.2 Å². The van der Waals surface area contributed by atoms with Crippen molar-refractivity contribution in [2.45, 2.75) is 12.5 Å². The zero-order valence-electron chi connectivity index (χ0n) is 13.6. The first kappa shape index (κ1) is 16.8. The number of carbonyl (C=O) groups is 1. The van der Waals surface area contributed by atoms with Crippen molar-refractivity contribution < 1.29 is 14.3 Å². The van der Waals surface area contributed by atoms with Gasteiger partial charge < -0.3 is 10.4 Å². The predicted octanol–water partition coefficient (Wildman–Crippen LogP) is 2.04. The Labute approximate surface area is 144 Å². The summed E-state index contributed by atoms with van der Waals surface area (Å²) < 4.78 is 15.5. The molecule has 0 aliphatic rings. The van der Waals surface area contributed by atoms with Gasteiger partial charge in [-0.15, -0.1) is 0 Å². The summed E-state index contributed by atoms with van der Waals surface area (Å²) in [5, 5.41) is 17.0. The van der Waals surface area contributed by atoms with Gasteiger partial charge >= 0.3 is 0 Å². The maximum absolute atomic E-state index is 14.2. The Kier molecular flexibility index (Phi) is 4.58. The molecular formula is C18H17FN4O2. The fraction of sp³-hybridized carbons (Fsp3) is 0.167. The van der Waals surface area contributed by atoms with Gasteiger partial charge in [-0.1, -0.05) is 30.3 Å². The molecule has 7 heteroatoms. The van der Waals surface area contributed by atoms with E-state index in [1.54, 1.807) is 19.1 Å². The van der Waals surface area contributed by atoms with Crippen LogP contribution in [0.1, 0.15) is 22.8 Å². The van der Waals surface area contributed by atoms with E-state index in [-0.39, 0.29) is 17.8 Å². The van der Waals surface area contributed by atoms with Crippen LogP contribution >= 0.6 is 0 Å². The Morgan fingerprint density at radius 2 is 2.04 bits per heavy atom. The Bertz CT molecular complexity index is 864. The van der Waals surface area contributed by atoms with E-state index in [2.05, 4.69) is 15.4 Å². The Hall–Kier alpha value is -3.06. The zero-order chi connectivity index (χ0) is 17.9. The van der Waals surface area contributed by atoms with Crippen molar-refractivity contribution in [3.05, 3.63) is 78.1 Å².